The van der Waals surface area contributed by atoms with Crippen LogP contribution in [-0.4, -0.2) is 26.9 Å². The Hall–Kier alpha value is -3.07. The molecule has 1 amide bonds. The van der Waals surface area contributed by atoms with E-state index in [4.69, 9.17) is 0 Å². The maximum atomic E-state index is 12.9. The number of aromatic nitrogens is 3. The summed E-state index contributed by atoms with van der Waals surface area (Å²) in [6, 6.07) is 5.58. The molecular weight excluding hydrogens is 380 g/mol. The molecule has 1 atom stereocenters. The number of hydrogen-bond donors (Lipinski definition) is 1. The summed E-state index contributed by atoms with van der Waals surface area (Å²) < 4.78 is 1.07. The monoisotopic (exact) mass is 397 g/mol. The van der Waals surface area contributed by atoms with Crippen LogP contribution in [0.5, 0.6) is 0 Å². The predicted octanol–water partition coefficient (Wildman–Crippen LogP) is 0.980. The maximum Gasteiger partial charge on any atom is 0.279 e. The number of amides is 1. The predicted molar refractivity (Wildman–Crippen MR) is 102 cm³/mol. The zero-order valence-electron chi connectivity index (χ0n) is 15.1. The van der Waals surface area contributed by atoms with E-state index < -0.39 is 11.9 Å². The fourth-order valence-corrected chi connectivity index (χ4v) is 4.74. The van der Waals surface area contributed by atoms with Crippen molar-refractivity contribution in [3.05, 3.63) is 50.6 Å². The van der Waals surface area contributed by atoms with Gasteiger partial charge < -0.3 is 15.2 Å². The highest BCUT2D eigenvalue weighted by atomic mass is 32.1. The third-order valence-corrected chi connectivity index (χ3v) is 6.02. The lowest BCUT2D eigenvalue weighted by Gasteiger charge is -2.17. The molecule has 9 heteroatoms. The highest BCUT2D eigenvalue weighted by Crippen LogP contribution is 2.35. The zero-order valence-corrected chi connectivity index (χ0v) is 15.9. The minimum atomic E-state index is -1.29. The van der Waals surface area contributed by atoms with E-state index in [0.717, 1.165) is 29.5 Å². The average Bonchev–Trinajstić information content (AvgIpc) is 3.02. The fourth-order valence-electron chi connectivity index (χ4n) is 3.42. The van der Waals surface area contributed by atoms with E-state index in [0.29, 0.717) is 21.8 Å². The highest BCUT2D eigenvalue weighted by molar-refractivity contribution is 7.18. The molecule has 0 saturated heterocycles. The van der Waals surface area contributed by atoms with E-state index in [1.807, 2.05) is 0 Å². The van der Waals surface area contributed by atoms with Crippen LogP contribution in [0.2, 0.25) is 0 Å². The van der Waals surface area contributed by atoms with Gasteiger partial charge in [0.1, 0.15) is 6.54 Å². The molecule has 2 aromatic heterocycles. The molecule has 1 N–H and O–H groups in total. The number of carboxylic acid groups (broad SMARTS) is 1. The number of aromatic carboxylic acids is 1. The van der Waals surface area contributed by atoms with E-state index in [1.165, 1.54) is 40.5 Å². The maximum absolute atomic E-state index is 12.9. The van der Waals surface area contributed by atoms with Gasteiger partial charge in [0.05, 0.1) is 11.4 Å². The molecule has 0 unspecified atom stereocenters. The van der Waals surface area contributed by atoms with E-state index in [1.54, 1.807) is 0 Å². The lowest BCUT2D eigenvalue weighted by Crippen LogP contribution is -2.30. The number of carbonyl (C=O) groups is 2. The number of anilines is 1. The summed E-state index contributed by atoms with van der Waals surface area (Å²) >= 11 is 1.51. The minimum Gasteiger partial charge on any atom is -0.545 e. The van der Waals surface area contributed by atoms with Gasteiger partial charge in [0.15, 0.2) is 4.83 Å². The number of nitrogens with one attached hydrogen (secondary N) is 1. The van der Waals surface area contributed by atoms with Gasteiger partial charge in [-0.1, -0.05) is 24.3 Å². The molecule has 0 radical (unpaired) electrons. The number of fused-ring (bicyclic) bond motifs is 3. The van der Waals surface area contributed by atoms with Crippen molar-refractivity contribution in [1.29, 1.82) is 0 Å². The van der Waals surface area contributed by atoms with E-state index >= 15 is 0 Å². The van der Waals surface area contributed by atoms with Gasteiger partial charge in [-0.05, 0) is 48.4 Å². The van der Waals surface area contributed by atoms with Crippen LogP contribution in [0.4, 0.5) is 5.69 Å². The number of benzene rings is 1. The van der Waals surface area contributed by atoms with Crippen LogP contribution >= 0.6 is 11.3 Å². The Morgan fingerprint density at radius 3 is 2.79 bits per heavy atom. The SMILES string of the molecule is C[C@H]1CCc2c(sc3nnn(CC(=O)Nc4ccc(C(=O)[O-])cc4)c(=O)c23)C1. The molecular formula is C19H17N4O4S-. The second-order valence-corrected chi connectivity index (χ2v) is 8.08. The first kappa shape index (κ1) is 18.3. The van der Waals surface area contributed by atoms with Crippen LogP contribution in [0.3, 0.4) is 0 Å². The molecule has 1 aliphatic rings. The first-order valence-corrected chi connectivity index (χ1v) is 9.73. The highest BCUT2D eigenvalue weighted by Gasteiger charge is 2.24. The Morgan fingerprint density at radius 2 is 2.07 bits per heavy atom. The molecule has 28 heavy (non-hydrogen) atoms. The van der Waals surface area contributed by atoms with Crippen LogP contribution in [0.1, 0.15) is 34.1 Å². The summed E-state index contributed by atoms with van der Waals surface area (Å²) in [4.78, 5) is 37.7. The standard InChI is InChI=1S/C19H18N4O4S/c1-10-2-7-13-14(8-10)28-17-16(13)18(25)23(22-21-17)9-15(24)20-12-5-3-11(4-6-12)19(26)27/h3-6,10H,2,7-9H2,1H3,(H,20,24)(H,26,27)/p-1/t10-/m0/s1. The molecule has 0 bridgehead atoms. The van der Waals surface area contributed by atoms with Crippen LogP contribution in [0, 0.1) is 5.92 Å². The average molecular weight is 397 g/mol. The van der Waals surface area contributed by atoms with Crippen molar-refractivity contribution < 1.29 is 14.7 Å². The molecule has 0 aliphatic heterocycles. The lowest BCUT2D eigenvalue weighted by molar-refractivity contribution is -0.255. The van der Waals surface area contributed by atoms with Crippen molar-refractivity contribution in [2.45, 2.75) is 32.7 Å². The summed E-state index contributed by atoms with van der Waals surface area (Å²) in [5.74, 6) is -1.15. The summed E-state index contributed by atoms with van der Waals surface area (Å²) in [5, 5.41) is 22.0. The topological polar surface area (TPSA) is 117 Å². The van der Waals surface area contributed by atoms with Crippen molar-refractivity contribution in [1.82, 2.24) is 15.0 Å². The Balaban J connectivity index is 1.56. The molecule has 0 spiro atoms. The second-order valence-electron chi connectivity index (χ2n) is 7.00. The van der Waals surface area contributed by atoms with Crippen molar-refractivity contribution in [3.63, 3.8) is 0 Å². The first-order valence-electron chi connectivity index (χ1n) is 8.91. The number of aryl methyl sites for hydroxylation is 1. The summed E-state index contributed by atoms with van der Waals surface area (Å²) in [6.07, 6.45) is 2.81. The fraction of sp³-hybridized carbons (Fsp3) is 0.316. The third kappa shape index (κ3) is 3.40. The van der Waals surface area contributed by atoms with Gasteiger partial charge in [-0.2, -0.15) is 0 Å². The van der Waals surface area contributed by atoms with Crippen molar-refractivity contribution >= 4 is 39.1 Å². The van der Waals surface area contributed by atoms with E-state index in [9.17, 15) is 19.5 Å². The van der Waals surface area contributed by atoms with Gasteiger partial charge in [0, 0.05) is 10.6 Å². The number of carboxylic acids is 1. The Bertz CT molecular complexity index is 1130. The summed E-state index contributed by atoms with van der Waals surface area (Å²) in [5.41, 5.74) is 1.17. The van der Waals surface area contributed by atoms with Crippen molar-refractivity contribution in [2.24, 2.45) is 5.92 Å². The Kier molecular flexibility index (Phi) is 4.68. The number of hydrogen-bond acceptors (Lipinski definition) is 7. The van der Waals surface area contributed by atoms with Crippen molar-refractivity contribution in [2.75, 3.05) is 5.32 Å². The van der Waals surface area contributed by atoms with Crippen LogP contribution < -0.4 is 16.0 Å². The molecule has 3 aromatic rings. The van der Waals surface area contributed by atoms with Crippen molar-refractivity contribution in [3.8, 4) is 0 Å². The van der Waals surface area contributed by atoms with Gasteiger partial charge in [-0.15, -0.1) is 16.4 Å². The number of rotatable bonds is 4. The normalized spacial score (nSPS) is 16.0. The molecule has 2 heterocycles. The van der Waals surface area contributed by atoms with Gasteiger partial charge >= 0.3 is 0 Å². The number of carbonyl (C=O) groups excluding carboxylic acids is 2. The van der Waals surface area contributed by atoms with Gasteiger partial charge in [-0.25, -0.2) is 4.68 Å². The minimum absolute atomic E-state index is 0.0158. The van der Waals surface area contributed by atoms with Gasteiger partial charge in [0.25, 0.3) is 5.56 Å². The van der Waals surface area contributed by atoms with E-state index in [2.05, 4.69) is 22.6 Å². The summed E-state index contributed by atoms with van der Waals surface area (Å²) in [7, 11) is 0. The lowest BCUT2D eigenvalue weighted by atomic mass is 9.89. The Morgan fingerprint density at radius 1 is 1.32 bits per heavy atom. The number of nitrogens with zero attached hydrogens (tertiary/aromatic N) is 3. The second kappa shape index (κ2) is 7.16. The smallest absolute Gasteiger partial charge is 0.279 e. The zero-order chi connectivity index (χ0) is 19.8. The van der Waals surface area contributed by atoms with Crippen LogP contribution in [-0.2, 0) is 24.2 Å². The van der Waals surface area contributed by atoms with Gasteiger partial charge in [0.2, 0.25) is 5.91 Å². The summed E-state index contributed by atoms with van der Waals surface area (Å²) in [6.45, 7) is 1.92. The molecule has 0 saturated carbocycles. The number of thiophene rings is 1. The quantitative estimate of drug-likeness (QED) is 0.701. The largest absolute Gasteiger partial charge is 0.545 e. The molecule has 8 nitrogen and oxygen atoms in total. The van der Waals surface area contributed by atoms with Crippen LogP contribution in [0.25, 0.3) is 10.2 Å². The van der Waals surface area contributed by atoms with E-state index in [-0.39, 0.29) is 17.7 Å². The van der Waals surface area contributed by atoms with Crippen LogP contribution in [0.15, 0.2) is 29.1 Å². The van der Waals surface area contributed by atoms with Gasteiger partial charge in [-0.3, -0.25) is 9.59 Å². The molecule has 1 aromatic carbocycles. The molecule has 144 valence electrons. The first-order chi connectivity index (χ1) is 13.4. The molecule has 0 fully saturated rings. The molecule has 4 rings (SSSR count). The molecule has 1 aliphatic carbocycles. The Labute approximate surface area is 163 Å². The third-order valence-electron chi connectivity index (χ3n) is 4.88.